The zero-order valence-electron chi connectivity index (χ0n) is 16.3. The predicted octanol–water partition coefficient (Wildman–Crippen LogP) is -0.632. The molecular formula is C20H27N3O6. The summed E-state index contributed by atoms with van der Waals surface area (Å²) in [6, 6.07) is 5.26. The highest BCUT2D eigenvalue weighted by Gasteiger charge is 2.29. The third-order valence-electron chi connectivity index (χ3n) is 5.39. The minimum Gasteiger partial charge on any atom is -0.454 e. The molecule has 0 unspecified atom stereocenters. The van der Waals surface area contributed by atoms with Gasteiger partial charge in [-0.15, -0.1) is 0 Å². The Morgan fingerprint density at radius 2 is 1.93 bits per heavy atom. The molecule has 29 heavy (non-hydrogen) atoms. The Morgan fingerprint density at radius 1 is 1.14 bits per heavy atom. The van der Waals surface area contributed by atoms with Gasteiger partial charge in [0.25, 0.3) is 0 Å². The second-order valence-electron chi connectivity index (χ2n) is 7.71. The molecular weight excluding hydrogens is 378 g/mol. The molecule has 0 radical (unpaired) electrons. The van der Waals surface area contributed by atoms with Gasteiger partial charge >= 0.3 is 0 Å². The molecule has 0 aliphatic carbocycles. The van der Waals surface area contributed by atoms with Gasteiger partial charge < -0.3 is 29.5 Å². The number of aliphatic hydroxyl groups excluding tert-OH is 1. The molecule has 2 amide bonds. The highest BCUT2D eigenvalue weighted by atomic mass is 16.7. The van der Waals surface area contributed by atoms with Crippen LogP contribution in [0.25, 0.3) is 0 Å². The second kappa shape index (κ2) is 8.98. The first-order valence-electron chi connectivity index (χ1n) is 10.0. The van der Waals surface area contributed by atoms with Gasteiger partial charge in [0.05, 0.1) is 32.3 Å². The molecule has 158 valence electrons. The fourth-order valence-electron chi connectivity index (χ4n) is 4.01. The van der Waals surface area contributed by atoms with Gasteiger partial charge in [-0.3, -0.25) is 14.5 Å². The average molecular weight is 405 g/mol. The summed E-state index contributed by atoms with van der Waals surface area (Å²) in [7, 11) is 0. The number of β-amino-alcohol motifs (C(OH)–C–C–N with tert-alkyl or cyclic N) is 1. The molecule has 0 aromatic heterocycles. The number of carbonyl (C=O) groups excluding carboxylic acids is 2. The molecule has 1 aromatic rings. The summed E-state index contributed by atoms with van der Waals surface area (Å²) in [6.45, 7) is 3.75. The number of likely N-dealkylation sites (tertiary alicyclic amines) is 1. The lowest BCUT2D eigenvalue weighted by Gasteiger charge is -2.37. The third kappa shape index (κ3) is 5.17. The minimum absolute atomic E-state index is 0.0350. The molecule has 3 heterocycles. The van der Waals surface area contributed by atoms with E-state index in [0.29, 0.717) is 57.3 Å². The van der Waals surface area contributed by atoms with Gasteiger partial charge in [-0.05, 0) is 24.1 Å². The Hall–Kier alpha value is -2.36. The van der Waals surface area contributed by atoms with Gasteiger partial charge in [0.2, 0.25) is 18.6 Å². The molecule has 2 atom stereocenters. The second-order valence-corrected chi connectivity index (χ2v) is 7.71. The van der Waals surface area contributed by atoms with E-state index in [1.165, 1.54) is 0 Å². The lowest BCUT2D eigenvalue weighted by Crippen LogP contribution is -2.55. The van der Waals surface area contributed by atoms with Crippen molar-refractivity contribution in [2.24, 2.45) is 0 Å². The van der Waals surface area contributed by atoms with E-state index in [4.69, 9.17) is 14.2 Å². The number of hydrogen-bond acceptors (Lipinski definition) is 7. The Kier molecular flexibility index (Phi) is 6.17. The van der Waals surface area contributed by atoms with Crippen LogP contribution in [0.15, 0.2) is 18.2 Å². The summed E-state index contributed by atoms with van der Waals surface area (Å²) in [5, 5.41) is 13.2. The molecule has 0 spiro atoms. The molecule has 4 rings (SSSR count). The average Bonchev–Trinajstić information content (AvgIpc) is 3.16. The Labute approximate surface area is 169 Å². The summed E-state index contributed by atoms with van der Waals surface area (Å²) in [4.78, 5) is 28.7. The normalized spacial score (nSPS) is 24.4. The topological polar surface area (TPSA) is 101 Å². The van der Waals surface area contributed by atoms with Gasteiger partial charge in [-0.1, -0.05) is 6.07 Å². The van der Waals surface area contributed by atoms with Crippen LogP contribution < -0.4 is 14.8 Å². The molecule has 1 aromatic carbocycles. The zero-order chi connectivity index (χ0) is 20.2. The Bertz CT molecular complexity index is 752. The lowest BCUT2D eigenvalue weighted by atomic mass is 10.0. The number of morpholine rings is 1. The Morgan fingerprint density at radius 3 is 2.76 bits per heavy atom. The quantitative estimate of drug-likeness (QED) is 0.673. The van der Waals surface area contributed by atoms with E-state index in [1.54, 1.807) is 11.0 Å². The monoisotopic (exact) mass is 405 g/mol. The van der Waals surface area contributed by atoms with Crippen LogP contribution in [0.5, 0.6) is 11.5 Å². The van der Waals surface area contributed by atoms with E-state index in [9.17, 15) is 14.7 Å². The maximum absolute atomic E-state index is 12.5. The number of hydrogen-bond donors (Lipinski definition) is 2. The van der Waals surface area contributed by atoms with Crippen molar-refractivity contribution in [2.45, 2.75) is 25.0 Å². The minimum atomic E-state index is -0.572. The lowest BCUT2D eigenvalue weighted by molar-refractivity contribution is -0.137. The van der Waals surface area contributed by atoms with Gasteiger partial charge in [-0.2, -0.15) is 0 Å². The van der Waals surface area contributed by atoms with Crippen molar-refractivity contribution >= 4 is 11.8 Å². The number of carbonyl (C=O) groups is 2. The standard InChI is InChI=1S/C20H27N3O6/c24-16-9-15(10-22(11-16)12-20(26)23-3-5-27-6-4-23)21-19(25)8-14-1-2-17-18(7-14)29-13-28-17/h1-2,7,15-16,24H,3-6,8-13H2,(H,21,25)/t15-,16+/m0/s1. The molecule has 0 bridgehead atoms. The van der Waals surface area contributed by atoms with Gasteiger partial charge in [0, 0.05) is 32.2 Å². The predicted molar refractivity (Wildman–Crippen MR) is 103 cm³/mol. The van der Waals surface area contributed by atoms with Crippen LogP contribution in [0, 0.1) is 0 Å². The fourth-order valence-corrected chi connectivity index (χ4v) is 4.01. The van der Waals surface area contributed by atoms with Crippen LogP contribution in [-0.2, 0) is 20.7 Å². The van der Waals surface area contributed by atoms with Crippen LogP contribution in [0.3, 0.4) is 0 Å². The summed E-state index contributed by atoms with van der Waals surface area (Å²) in [5.41, 5.74) is 0.836. The number of aliphatic hydroxyl groups is 1. The van der Waals surface area contributed by atoms with E-state index >= 15 is 0 Å². The van der Waals surface area contributed by atoms with Crippen LogP contribution in [0.1, 0.15) is 12.0 Å². The first kappa shape index (κ1) is 19.9. The van der Waals surface area contributed by atoms with E-state index in [1.807, 2.05) is 17.0 Å². The van der Waals surface area contributed by atoms with Crippen molar-refractivity contribution in [3.05, 3.63) is 23.8 Å². The highest BCUT2D eigenvalue weighted by molar-refractivity contribution is 5.79. The van der Waals surface area contributed by atoms with Crippen LogP contribution >= 0.6 is 0 Å². The SMILES string of the molecule is O=C(Cc1ccc2c(c1)OCO2)N[C@H]1C[C@@H](O)CN(CC(=O)N2CCOCC2)C1. The van der Waals surface area contributed by atoms with Crippen molar-refractivity contribution in [3.8, 4) is 11.5 Å². The first-order chi connectivity index (χ1) is 14.1. The van der Waals surface area contributed by atoms with Crippen molar-refractivity contribution in [1.29, 1.82) is 0 Å². The van der Waals surface area contributed by atoms with E-state index in [0.717, 1.165) is 5.56 Å². The van der Waals surface area contributed by atoms with Crippen LogP contribution in [0.4, 0.5) is 0 Å². The number of nitrogens with zero attached hydrogens (tertiary/aromatic N) is 2. The van der Waals surface area contributed by atoms with Gasteiger partial charge in [0.1, 0.15) is 0 Å². The summed E-state index contributed by atoms with van der Waals surface area (Å²) >= 11 is 0. The maximum atomic E-state index is 12.5. The molecule has 9 nitrogen and oxygen atoms in total. The van der Waals surface area contributed by atoms with E-state index in [2.05, 4.69) is 5.32 Å². The summed E-state index contributed by atoms with van der Waals surface area (Å²) in [5.74, 6) is 1.25. The van der Waals surface area contributed by atoms with Crippen molar-refractivity contribution < 1.29 is 28.9 Å². The molecule has 2 fully saturated rings. The molecule has 3 aliphatic rings. The van der Waals surface area contributed by atoms with Gasteiger partial charge in [-0.25, -0.2) is 0 Å². The first-order valence-corrected chi connectivity index (χ1v) is 10.0. The van der Waals surface area contributed by atoms with E-state index < -0.39 is 6.10 Å². The summed E-state index contributed by atoms with van der Waals surface area (Å²) in [6.07, 6.45) is 0.127. The molecule has 3 aliphatic heterocycles. The summed E-state index contributed by atoms with van der Waals surface area (Å²) < 4.78 is 15.9. The smallest absolute Gasteiger partial charge is 0.236 e. The number of amides is 2. The third-order valence-corrected chi connectivity index (χ3v) is 5.39. The molecule has 2 N–H and O–H groups in total. The number of nitrogens with one attached hydrogen (secondary N) is 1. The number of ether oxygens (including phenoxy) is 3. The molecule has 2 saturated heterocycles. The van der Waals surface area contributed by atoms with Crippen molar-refractivity contribution in [3.63, 3.8) is 0 Å². The van der Waals surface area contributed by atoms with Gasteiger partial charge in [0.15, 0.2) is 11.5 Å². The van der Waals surface area contributed by atoms with Crippen LogP contribution in [0.2, 0.25) is 0 Å². The van der Waals surface area contributed by atoms with Crippen LogP contribution in [-0.4, -0.2) is 91.6 Å². The number of piperidine rings is 1. The molecule has 9 heteroatoms. The number of fused-ring (bicyclic) bond motifs is 1. The number of benzene rings is 1. The van der Waals surface area contributed by atoms with E-state index in [-0.39, 0.29) is 37.6 Å². The number of rotatable bonds is 5. The molecule has 0 saturated carbocycles. The van der Waals surface area contributed by atoms with Crippen molar-refractivity contribution in [1.82, 2.24) is 15.1 Å². The van der Waals surface area contributed by atoms with Crippen molar-refractivity contribution in [2.75, 3.05) is 52.7 Å². The Balaban J connectivity index is 1.28. The fraction of sp³-hybridized carbons (Fsp3) is 0.600. The maximum Gasteiger partial charge on any atom is 0.236 e. The largest absolute Gasteiger partial charge is 0.454 e. The zero-order valence-corrected chi connectivity index (χ0v) is 16.3. The highest BCUT2D eigenvalue weighted by Crippen LogP contribution is 2.32.